The van der Waals surface area contributed by atoms with Gasteiger partial charge in [0, 0.05) is 23.7 Å². The molecule has 2 aromatic rings. The van der Waals surface area contributed by atoms with Gasteiger partial charge in [0.2, 0.25) is 0 Å². The zero-order valence-electron chi connectivity index (χ0n) is 7.66. The second-order valence-electron chi connectivity index (χ2n) is 3.33. The van der Waals surface area contributed by atoms with Crippen LogP contribution in [-0.4, -0.2) is 11.7 Å². The van der Waals surface area contributed by atoms with Crippen molar-refractivity contribution < 1.29 is 4.74 Å². The predicted molar refractivity (Wildman–Crippen MR) is 54.1 cm³/mol. The van der Waals surface area contributed by atoms with Gasteiger partial charge in [-0.2, -0.15) is 0 Å². The molecule has 0 unspecified atom stereocenters. The van der Waals surface area contributed by atoms with Crippen LogP contribution in [0.25, 0.3) is 10.9 Å². The largest absolute Gasteiger partial charge is 0.478 e. The number of hydrogen-bond donors (Lipinski definition) is 1. The molecule has 0 radical (unpaired) electrons. The van der Waals surface area contributed by atoms with E-state index >= 15 is 0 Å². The Morgan fingerprint density at radius 2 is 2.29 bits per heavy atom. The first-order valence-corrected chi connectivity index (χ1v) is 4.65. The minimum absolute atomic E-state index is 0.596. The van der Waals surface area contributed by atoms with Gasteiger partial charge in [0.25, 0.3) is 0 Å². The first-order chi connectivity index (χ1) is 6.95. The van der Waals surface area contributed by atoms with Crippen LogP contribution in [0.4, 0.5) is 0 Å². The van der Waals surface area contributed by atoms with Crippen molar-refractivity contribution in [1.29, 1.82) is 0 Å². The lowest BCUT2D eigenvalue weighted by Crippen LogP contribution is -2.25. The molecule has 3 nitrogen and oxygen atoms in total. The molecule has 0 amide bonds. The Labute approximate surface area is 81.7 Å². The summed E-state index contributed by atoms with van der Waals surface area (Å²) in [5, 5.41) is 4.36. The molecule has 1 aromatic heterocycles. The standard InChI is InChI=1S/C11H10N2O/c1-2-8-9-6-12-7-14-11(9)4-3-10(8)13-5-1/h1-5,12H,6-7H2. The highest BCUT2D eigenvalue weighted by molar-refractivity contribution is 5.84. The van der Waals surface area contributed by atoms with Crippen molar-refractivity contribution in [2.75, 3.05) is 6.73 Å². The molecule has 0 spiro atoms. The molecule has 1 aliphatic rings. The van der Waals surface area contributed by atoms with Crippen LogP contribution in [0.5, 0.6) is 5.75 Å². The van der Waals surface area contributed by atoms with E-state index in [0.717, 1.165) is 17.8 Å². The van der Waals surface area contributed by atoms with Gasteiger partial charge in [-0.3, -0.25) is 10.3 Å². The third-order valence-electron chi connectivity index (χ3n) is 2.49. The predicted octanol–water partition coefficient (Wildman–Crippen LogP) is 1.67. The summed E-state index contributed by atoms with van der Waals surface area (Å²) in [6.45, 7) is 1.46. The Balaban J connectivity index is 2.34. The number of benzene rings is 1. The zero-order valence-corrected chi connectivity index (χ0v) is 7.66. The third-order valence-corrected chi connectivity index (χ3v) is 2.49. The number of pyridine rings is 1. The molecule has 0 bridgehead atoms. The Morgan fingerprint density at radius 3 is 3.29 bits per heavy atom. The molecular weight excluding hydrogens is 176 g/mol. The summed E-state index contributed by atoms with van der Waals surface area (Å²) in [7, 11) is 0. The number of aromatic nitrogens is 1. The molecule has 1 N–H and O–H groups in total. The van der Waals surface area contributed by atoms with Gasteiger partial charge in [-0.05, 0) is 18.2 Å². The van der Waals surface area contributed by atoms with Crippen LogP contribution in [-0.2, 0) is 6.54 Å². The van der Waals surface area contributed by atoms with Gasteiger partial charge in [0.1, 0.15) is 12.5 Å². The Kier molecular flexibility index (Phi) is 1.64. The molecule has 0 atom stereocenters. The first kappa shape index (κ1) is 7.76. The lowest BCUT2D eigenvalue weighted by molar-refractivity contribution is 0.258. The minimum Gasteiger partial charge on any atom is -0.478 e. The molecule has 0 saturated heterocycles. The highest BCUT2D eigenvalue weighted by Crippen LogP contribution is 2.28. The van der Waals surface area contributed by atoms with Crippen molar-refractivity contribution in [3.8, 4) is 5.75 Å². The normalized spacial score (nSPS) is 14.9. The summed E-state index contributed by atoms with van der Waals surface area (Å²) in [5.74, 6) is 0.976. The van der Waals surface area contributed by atoms with E-state index in [9.17, 15) is 0 Å². The fourth-order valence-corrected chi connectivity index (χ4v) is 1.82. The topological polar surface area (TPSA) is 34.2 Å². The number of ether oxygens (including phenoxy) is 1. The summed E-state index contributed by atoms with van der Waals surface area (Å²) in [4.78, 5) is 4.31. The molecule has 0 fully saturated rings. The number of nitrogens with zero attached hydrogens (tertiary/aromatic N) is 1. The van der Waals surface area contributed by atoms with E-state index < -0.39 is 0 Å². The fraction of sp³-hybridized carbons (Fsp3) is 0.182. The lowest BCUT2D eigenvalue weighted by Gasteiger charge is -2.19. The summed E-state index contributed by atoms with van der Waals surface area (Å²) in [6, 6.07) is 8.03. The molecule has 3 heteroatoms. The second-order valence-corrected chi connectivity index (χ2v) is 3.33. The number of rotatable bonds is 0. The van der Waals surface area contributed by atoms with Gasteiger partial charge < -0.3 is 4.74 Å². The number of nitrogens with one attached hydrogen (secondary N) is 1. The smallest absolute Gasteiger partial charge is 0.139 e. The van der Waals surface area contributed by atoms with E-state index in [0.29, 0.717) is 6.73 Å². The van der Waals surface area contributed by atoms with Gasteiger partial charge in [-0.1, -0.05) is 6.07 Å². The highest BCUT2D eigenvalue weighted by Gasteiger charge is 2.12. The third kappa shape index (κ3) is 1.06. The maximum atomic E-state index is 5.49. The van der Waals surface area contributed by atoms with Crippen LogP contribution < -0.4 is 10.1 Å². The van der Waals surface area contributed by atoms with Gasteiger partial charge in [0.05, 0.1) is 5.52 Å². The van der Waals surface area contributed by atoms with Crippen molar-refractivity contribution in [1.82, 2.24) is 10.3 Å². The number of fused-ring (bicyclic) bond motifs is 3. The first-order valence-electron chi connectivity index (χ1n) is 4.65. The maximum absolute atomic E-state index is 5.49. The van der Waals surface area contributed by atoms with Crippen LogP contribution in [0.1, 0.15) is 5.56 Å². The van der Waals surface area contributed by atoms with Crippen LogP contribution >= 0.6 is 0 Å². The molecule has 0 aliphatic carbocycles. The highest BCUT2D eigenvalue weighted by atomic mass is 16.5. The van der Waals surface area contributed by atoms with Crippen LogP contribution in [0.2, 0.25) is 0 Å². The Hall–Kier alpha value is -1.61. The maximum Gasteiger partial charge on any atom is 0.139 e. The SMILES string of the molecule is c1cnc2ccc3c(c2c1)CNCO3. The van der Waals surface area contributed by atoms with Crippen LogP contribution in [0.15, 0.2) is 30.5 Å². The Bertz CT molecular complexity index is 482. The minimum atomic E-state index is 0.596. The molecule has 0 saturated carbocycles. The molecule has 1 aromatic carbocycles. The molecule has 3 rings (SSSR count). The van der Waals surface area contributed by atoms with Gasteiger partial charge in [-0.15, -0.1) is 0 Å². The average molecular weight is 186 g/mol. The summed E-state index contributed by atoms with van der Waals surface area (Å²) < 4.78 is 5.49. The summed E-state index contributed by atoms with van der Waals surface area (Å²) in [6.07, 6.45) is 1.81. The van der Waals surface area contributed by atoms with E-state index in [-0.39, 0.29) is 0 Å². The van der Waals surface area contributed by atoms with E-state index in [2.05, 4.69) is 16.4 Å². The monoisotopic (exact) mass is 186 g/mol. The summed E-state index contributed by atoms with van der Waals surface area (Å²) in [5.41, 5.74) is 2.24. The van der Waals surface area contributed by atoms with E-state index in [1.165, 1.54) is 10.9 Å². The van der Waals surface area contributed by atoms with Gasteiger partial charge >= 0.3 is 0 Å². The van der Waals surface area contributed by atoms with E-state index in [1.54, 1.807) is 0 Å². The van der Waals surface area contributed by atoms with Gasteiger partial charge in [-0.25, -0.2) is 0 Å². The van der Waals surface area contributed by atoms with E-state index in [1.807, 2.05) is 24.4 Å². The van der Waals surface area contributed by atoms with Crippen LogP contribution in [0, 0.1) is 0 Å². The van der Waals surface area contributed by atoms with E-state index in [4.69, 9.17) is 4.74 Å². The molecule has 1 aliphatic heterocycles. The van der Waals surface area contributed by atoms with Crippen molar-refractivity contribution >= 4 is 10.9 Å². The molecule has 70 valence electrons. The molecular formula is C11H10N2O. The zero-order chi connectivity index (χ0) is 9.38. The lowest BCUT2D eigenvalue weighted by atomic mass is 10.1. The van der Waals surface area contributed by atoms with Crippen LogP contribution in [0.3, 0.4) is 0 Å². The summed E-state index contributed by atoms with van der Waals surface area (Å²) >= 11 is 0. The second kappa shape index (κ2) is 2.96. The van der Waals surface area contributed by atoms with Crippen molar-refractivity contribution in [2.45, 2.75) is 6.54 Å². The Morgan fingerprint density at radius 1 is 1.29 bits per heavy atom. The molecule has 14 heavy (non-hydrogen) atoms. The average Bonchev–Trinajstić information content (AvgIpc) is 2.29. The number of hydrogen-bond acceptors (Lipinski definition) is 3. The fourth-order valence-electron chi connectivity index (χ4n) is 1.82. The van der Waals surface area contributed by atoms with Gasteiger partial charge in [0.15, 0.2) is 0 Å². The van der Waals surface area contributed by atoms with Crippen molar-refractivity contribution in [2.24, 2.45) is 0 Å². The van der Waals surface area contributed by atoms with Crippen molar-refractivity contribution in [3.63, 3.8) is 0 Å². The van der Waals surface area contributed by atoms with Crippen molar-refractivity contribution in [3.05, 3.63) is 36.0 Å². The molecule has 2 heterocycles. The quantitative estimate of drug-likeness (QED) is 0.679.